The van der Waals surface area contributed by atoms with Crippen molar-refractivity contribution in [2.24, 2.45) is 5.92 Å². The second kappa shape index (κ2) is 5.91. The van der Waals surface area contributed by atoms with E-state index in [9.17, 15) is 9.59 Å². The molecule has 0 aromatic rings. The van der Waals surface area contributed by atoms with E-state index in [0.29, 0.717) is 6.54 Å². The second-order valence-corrected chi connectivity index (χ2v) is 6.11. The van der Waals surface area contributed by atoms with Gasteiger partial charge in [-0.15, -0.1) is 11.6 Å². The molecular formula is C13H22ClNO3. The number of hydrogen-bond donors (Lipinski definition) is 0. The maximum Gasteiger partial charge on any atom is 0.410 e. The number of amides is 1. The minimum absolute atomic E-state index is 0.0612. The van der Waals surface area contributed by atoms with Gasteiger partial charge in [-0.3, -0.25) is 9.69 Å². The molecule has 0 N–H and O–H groups in total. The highest BCUT2D eigenvalue weighted by Crippen LogP contribution is 2.26. The number of rotatable bonds is 2. The first-order chi connectivity index (χ1) is 8.26. The molecule has 1 rings (SSSR count). The minimum Gasteiger partial charge on any atom is -0.444 e. The molecule has 1 amide bonds. The lowest BCUT2D eigenvalue weighted by Gasteiger charge is -2.39. The van der Waals surface area contributed by atoms with E-state index >= 15 is 0 Å². The van der Waals surface area contributed by atoms with Crippen LogP contribution in [0.5, 0.6) is 0 Å². The molecule has 1 aliphatic rings. The maximum absolute atomic E-state index is 12.1. The predicted octanol–water partition coefficient (Wildman–Crippen LogP) is 2.83. The Morgan fingerprint density at radius 1 is 1.39 bits per heavy atom. The molecule has 1 heterocycles. The Hall–Kier alpha value is -0.770. The van der Waals surface area contributed by atoms with Gasteiger partial charge in [-0.2, -0.15) is 0 Å². The van der Waals surface area contributed by atoms with Crippen LogP contribution in [0.3, 0.4) is 0 Å². The molecule has 0 aromatic carbocycles. The Labute approximate surface area is 114 Å². The van der Waals surface area contributed by atoms with Gasteiger partial charge in [0.1, 0.15) is 5.60 Å². The number of ether oxygens (including phenoxy) is 1. The highest BCUT2D eigenvalue weighted by Gasteiger charge is 2.38. The van der Waals surface area contributed by atoms with Crippen molar-refractivity contribution >= 4 is 23.5 Å². The Morgan fingerprint density at radius 2 is 2.00 bits per heavy atom. The largest absolute Gasteiger partial charge is 0.444 e. The average molecular weight is 276 g/mol. The molecule has 2 atom stereocenters. The van der Waals surface area contributed by atoms with Crippen LogP contribution in [0.15, 0.2) is 0 Å². The van der Waals surface area contributed by atoms with Crippen LogP contribution in [-0.2, 0) is 9.53 Å². The topological polar surface area (TPSA) is 46.6 Å². The fraction of sp³-hybridized carbons (Fsp3) is 0.846. The normalized spacial score (nSPS) is 24.8. The molecule has 18 heavy (non-hydrogen) atoms. The summed E-state index contributed by atoms with van der Waals surface area (Å²) in [5.41, 5.74) is -0.549. The monoisotopic (exact) mass is 275 g/mol. The zero-order chi connectivity index (χ0) is 13.9. The number of carbonyl (C=O) groups is 2. The number of hydrogen-bond acceptors (Lipinski definition) is 3. The third-order valence-electron chi connectivity index (χ3n) is 3.02. The van der Waals surface area contributed by atoms with Crippen LogP contribution >= 0.6 is 11.6 Å². The van der Waals surface area contributed by atoms with Gasteiger partial charge in [-0.1, -0.05) is 6.92 Å². The molecule has 2 unspecified atom stereocenters. The maximum atomic E-state index is 12.1. The van der Waals surface area contributed by atoms with Crippen molar-refractivity contribution in [2.45, 2.75) is 52.2 Å². The van der Waals surface area contributed by atoms with E-state index in [1.165, 1.54) is 4.90 Å². The average Bonchev–Trinajstić information content (AvgIpc) is 2.25. The first kappa shape index (κ1) is 15.3. The highest BCUT2D eigenvalue weighted by molar-refractivity contribution is 6.28. The van der Waals surface area contributed by atoms with Gasteiger partial charge in [-0.05, 0) is 39.5 Å². The molecule has 1 saturated heterocycles. The zero-order valence-corrected chi connectivity index (χ0v) is 12.3. The van der Waals surface area contributed by atoms with Gasteiger partial charge in [-0.25, -0.2) is 4.79 Å². The Balaban J connectivity index is 2.82. The molecule has 5 heteroatoms. The van der Waals surface area contributed by atoms with Gasteiger partial charge < -0.3 is 4.74 Å². The highest BCUT2D eigenvalue weighted by atomic mass is 35.5. The van der Waals surface area contributed by atoms with Crippen molar-refractivity contribution in [3.8, 4) is 0 Å². The summed E-state index contributed by atoms with van der Waals surface area (Å²) < 4.78 is 5.34. The molecule has 0 spiro atoms. The van der Waals surface area contributed by atoms with Gasteiger partial charge in [0.25, 0.3) is 0 Å². The second-order valence-electron chi connectivity index (χ2n) is 5.84. The van der Waals surface area contributed by atoms with E-state index in [2.05, 4.69) is 0 Å². The SMILES string of the molecule is CC1CCCN(C(=O)OC(C)(C)C)C1C(=O)CCl. The standard InChI is InChI=1S/C13H22ClNO3/c1-9-6-5-7-15(11(9)10(16)8-14)12(17)18-13(2,3)4/h9,11H,5-8H2,1-4H3. The van der Waals surface area contributed by atoms with Crippen LogP contribution in [0.25, 0.3) is 0 Å². The Kier molecular flexibility index (Phi) is 5.02. The summed E-state index contributed by atoms with van der Waals surface area (Å²) in [6, 6.07) is -0.439. The first-order valence-electron chi connectivity index (χ1n) is 6.34. The van der Waals surface area contributed by atoms with Crippen LogP contribution in [0.1, 0.15) is 40.5 Å². The smallest absolute Gasteiger partial charge is 0.410 e. The fourth-order valence-electron chi connectivity index (χ4n) is 2.28. The van der Waals surface area contributed by atoms with Crippen LogP contribution in [-0.4, -0.2) is 40.8 Å². The Bertz CT molecular complexity index is 325. The van der Waals surface area contributed by atoms with E-state index < -0.39 is 17.7 Å². The molecule has 0 bridgehead atoms. The first-order valence-corrected chi connectivity index (χ1v) is 6.88. The fourth-order valence-corrected chi connectivity index (χ4v) is 2.44. The number of halogens is 1. The van der Waals surface area contributed by atoms with Crippen molar-refractivity contribution in [2.75, 3.05) is 12.4 Å². The lowest BCUT2D eigenvalue weighted by Crippen LogP contribution is -2.53. The van der Waals surface area contributed by atoms with Crippen LogP contribution in [0.4, 0.5) is 4.79 Å². The predicted molar refractivity (Wildman–Crippen MR) is 70.9 cm³/mol. The van der Waals surface area contributed by atoms with E-state index in [1.807, 2.05) is 27.7 Å². The molecule has 1 aliphatic heterocycles. The lowest BCUT2D eigenvalue weighted by atomic mass is 9.89. The van der Waals surface area contributed by atoms with E-state index in [0.717, 1.165) is 12.8 Å². The molecule has 0 saturated carbocycles. The van der Waals surface area contributed by atoms with Crippen LogP contribution < -0.4 is 0 Å². The van der Waals surface area contributed by atoms with Gasteiger partial charge in [0.2, 0.25) is 0 Å². The summed E-state index contributed by atoms with van der Waals surface area (Å²) in [6.45, 7) is 7.99. The number of ketones is 1. The number of likely N-dealkylation sites (tertiary alicyclic amines) is 1. The summed E-state index contributed by atoms with van der Waals surface area (Å²) >= 11 is 5.63. The van der Waals surface area contributed by atoms with E-state index in [4.69, 9.17) is 16.3 Å². The zero-order valence-electron chi connectivity index (χ0n) is 11.5. The quantitative estimate of drug-likeness (QED) is 0.728. The van der Waals surface area contributed by atoms with Crippen LogP contribution in [0.2, 0.25) is 0 Å². The van der Waals surface area contributed by atoms with Gasteiger partial charge in [0.05, 0.1) is 11.9 Å². The molecular weight excluding hydrogens is 254 g/mol. The number of nitrogens with zero attached hydrogens (tertiary/aromatic N) is 1. The number of alkyl halides is 1. The molecule has 0 aliphatic carbocycles. The van der Waals surface area contributed by atoms with E-state index in [1.54, 1.807) is 0 Å². The van der Waals surface area contributed by atoms with Crippen molar-refractivity contribution in [3.63, 3.8) is 0 Å². The molecule has 104 valence electrons. The molecule has 1 fully saturated rings. The summed E-state index contributed by atoms with van der Waals surface area (Å²) in [5.74, 6) is -0.0267. The summed E-state index contributed by atoms with van der Waals surface area (Å²) in [7, 11) is 0. The number of piperidine rings is 1. The molecule has 4 nitrogen and oxygen atoms in total. The molecule has 0 aromatic heterocycles. The number of Topliss-reactive ketones (excluding diaryl/α,β-unsaturated/α-hetero) is 1. The lowest BCUT2D eigenvalue weighted by molar-refractivity contribution is -0.124. The Morgan fingerprint density at radius 3 is 2.50 bits per heavy atom. The van der Waals surface area contributed by atoms with Crippen molar-refractivity contribution in [1.82, 2.24) is 4.90 Å². The molecule has 0 radical (unpaired) electrons. The van der Waals surface area contributed by atoms with Gasteiger partial charge >= 0.3 is 6.09 Å². The summed E-state index contributed by atoms with van der Waals surface area (Å²) in [4.78, 5) is 25.5. The third kappa shape index (κ3) is 3.87. The van der Waals surface area contributed by atoms with Crippen molar-refractivity contribution in [1.29, 1.82) is 0 Å². The van der Waals surface area contributed by atoms with E-state index in [-0.39, 0.29) is 17.6 Å². The minimum atomic E-state index is -0.549. The van der Waals surface area contributed by atoms with Gasteiger partial charge in [0.15, 0.2) is 5.78 Å². The number of carbonyl (C=O) groups excluding carboxylic acids is 2. The summed E-state index contributed by atoms with van der Waals surface area (Å²) in [6.07, 6.45) is 1.41. The van der Waals surface area contributed by atoms with Crippen molar-refractivity contribution < 1.29 is 14.3 Å². The van der Waals surface area contributed by atoms with Gasteiger partial charge in [0, 0.05) is 6.54 Å². The van der Waals surface area contributed by atoms with Crippen molar-refractivity contribution in [3.05, 3.63) is 0 Å². The third-order valence-corrected chi connectivity index (χ3v) is 3.29. The summed E-state index contributed by atoms with van der Waals surface area (Å²) in [5, 5.41) is 0. The van der Waals surface area contributed by atoms with Crippen LogP contribution in [0, 0.1) is 5.92 Å².